The van der Waals surface area contributed by atoms with Crippen LogP contribution in [-0.4, -0.2) is 101 Å². The van der Waals surface area contributed by atoms with E-state index < -0.39 is 29.9 Å². The van der Waals surface area contributed by atoms with Gasteiger partial charge in [-0.05, 0) is 36.2 Å². The molecule has 1 amide bonds. The van der Waals surface area contributed by atoms with Gasteiger partial charge >= 0.3 is 17.9 Å². The zero-order valence-electron chi connectivity index (χ0n) is 30.2. The molecule has 0 aliphatic carbocycles. The van der Waals surface area contributed by atoms with Gasteiger partial charge in [0.15, 0.2) is 0 Å². The lowest BCUT2D eigenvalue weighted by Gasteiger charge is -2.22. The molecule has 5 atom stereocenters. The van der Waals surface area contributed by atoms with E-state index in [2.05, 4.69) is 22.1 Å². The van der Waals surface area contributed by atoms with Crippen molar-refractivity contribution >= 4 is 35.5 Å². The van der Waals surface area contributed by atoms with Crippen LogP contribution in [0.2, 0.25) is 0 Å². The van der Waals surface area contributed by atoms with Gasteiger partial charge in [0.2, 0.25) is 5.91 Å². The molecular weight excluding hydrogens is 710 g/mol. The Morgan fingerprint density at radius 2 is 1.53 bits per heavy atom. The number of nitrogen functional groups attached to an aromatic ring is 2. The highest BCUT2D eigenvalue weighted by atomic mass is 16.5. The highest BCUT2D eigenvalue weighted by molar-refractivity contribution is 5.95. The highest BCUT2D eigenvalue weighted by Gasteiger charge is 2.39. The molecule has 2 heterocycles. The molecule has 16 nitrogen and oxygen atoms in total. The topological polar surface area (TPSA) is 263 Å². The van der Waals surface area contributed by atoms with E-state index >= 15 is 0 Å². The van der Waals surface area contributed by atoms with Crippen LogP contribution in [0.3, 0.4) is 0 Å². The summed E-state index contributed by atoms with van der Waals surface area (Å²) in [5, 5.41) is 38.1. The molecule has 2 fully saturated rings. The third-order valence-corrected chi connectivity index (χ3v) is 8.77. The molecule has 16 heteroatoms. The molecule has 0 unspecified atom stereocenters. The Bertz CT molecular complexity index is 1840. The fourth-order valence-corrected chi connectivity index (χ4v) is 6.07. The Morgan fingerprint density at radius 3 is 2.09 bits per heavy atom. The van der Waals surface area contributed by atoms with Crippen LogP contribution < -0.4 is 31.6 Å². The Morgan fingerprint density at radius 1 is 0.909 bits per heavy atom. The maximum absolute atomic E-state index is 12.5. The van der Waals surface area contributed by atoms with Crippen LogP contribution in [-0.2, 0) is 30.5 Å². The van der Waals surface area contributed by atoms with Gasteiger partial charge < -0.3 is 46.5 Å². The monoisotopic (exact) mass is 757 g/mol. The average Bonchev–Trinajstić information content (AvgIpc) is 3.79. The number of rotatable bonds is 17. The van der Waals surface area contributed by atoms with Crippen molar-refractivity contribution < 1.29 is 43.6 Å². The second kappa shape index (κ2) is 20.3. The second-order valence-corrected chi connectivity index (χ2v) is 13.0. The molecule has 2 saturated heterocycles. The SMILES string of the molecule is C=CCOC(=O)[C@@H]1C[C@@H](Oc2cccc(C(=N)N)c2)CN1Cc1ccccc1.N=C(N)c1cccc(O[C@H]2CN[C@H](C(=O)N[C@@H](CCC(=O)O)C(=O)O)C2)c1. The summed E-state index contributed by atoms with van der Waals surface area (Å²) in [5.41, 5.74) is 13.3. The zero-order chi connectivity index (χ0) is 39.9. The number of aliphatic carboxylic acids is 2. The fraction of sp³-hybridized carbons (Fsp3) is 0.333. The fourth-order valence-electron chi connectivity index (χ4n) is 6.07. The molecular formula is C39H47N7O9. The Labute approximate surface area is 318 Å². The standard InChI is InChI=1S/C22H25N3O3.C17H22N4O6/c1-2-11-27-22(26)20-13-19(15-25(20)14-16-7-4-3-5-8-16)28-18-10-6-9-17(12-18)21(23)24;18-15(19)9-2-1-3-10(6-9)27-11-7-13(20-8-11)16(24)21-12(17(25)26)4-5-14(22)23/h2-10,12,19-20H,1,11,13-15H2,(H3,23,24);1-3,6,11-13,20H,4-5,7-8H2,(H3,18,19)(H,21,24)(H,22,23)(H,25,26)/t19-,20+;11-,12+,13+/m11/s1. The highest BCUT2D eigenvalue weighted by Crippen LogP contribution is 2.26. The van der Waals surface area contributed by atoms with E-state index in [4.69, 9.17) is 46.7 Å². The van der Waals surface area contributed by atoms with Crippen molar-refractivity contribution in [3.05, 3.63) is 108 Å². The predicted molar refractivity (Wildman–Crippen MR) is 203 cm³/mol. The van der Waals surface area contributed by atoms with Crippen LogP contribution in [0.4, 0.5) is 0 Å². The number of nitrogens with zero attached hydrogens (tertiary/aromatic N) is 1. The lowest BCUT2D eigenvalue weighted by molar-refractivity contribution is -0.148. The first kappa shape index (κ1) is 41.5. The number of amides is 1. The molecule has 0 aromatic heterocycles. The Balaban J connectivity index is 0.000000245. The van der Waals surface area contributed by atoms with Crippen LogP contribution in [0.1, 0.15) is 42.4 Å². The van der Waals surface area contributed by atoms with E-state index in [-0.39, 0.29) is 55.3 Å². The third kappa shape index (κ3) is 13.0. The van der Waals surface area contributed by atoms with E-state index in [1.54, 1.807) is 48.5 Å². The largest absolute Gasteiger partial charge is 0.489 e. The molecule has 5 rings (SSSR count). The van der Waals surface area contributed by atoms with Gasteiger partial charge in [0, 0.05) is 50.0 Å². The van der Waals surface area contributed by atoms with Gasteiger partial charge in [0.25, 0.3) is 0 Å². The van der Waals surface area contributed by atoms with Crippen molar-refractivity contribution in [2.75, 3.05) is 19.7 Å². The van der Waals surface area contributed by atoms with Crippen LogP contribution in [0.25, 0.3) is 0 Å². The number of carbonyl (C=O) groups is 4. The molecule has 3 aromatic carbocycles. The number of ether oxygens (including phenoxy) is 3. The summed E-state index contributed by atoms with van der Waals surface area (Å²) in [6, 6.07) is 21.6. The quantitative estimate of drug-likeness (QED) is 0.0426. The van der Waals surface area contributed by atoms with E-state index in [1.807, 2.05) is 36.4 Å². The lowest BCUT2D eigenvalue weighted by Crippen LogP contribution is -2.48. The molecule has 0 saturated carbocycles. The number of carboxylic acids is 2. The number of nitrogens with one attached hydrogen (secondary N) is 4. The first-order valence-corrected chi connectivity index (χ1v) is 17.6. The number of hydrogen-bond donors (Lipinski definition) is 8. The number of esters is 1. The summed E-state index contributed by atoms with van der Waals surface area (Å²) in [6.45, 7) is 5.42. The predicted octanol–water partition coefficient (Wildman–Crippen LogP) is 2.24. The molecule has 0 bridgehead atoms. The van der Waals surface area contributed by atoms with Crippen molar-refractivity contribution in [2.45, 2.75) is 62.6 Å². The van der Waals surface area contributed by atoms with Crippen LogP contribution in [0, 0.1) is 10.8 Å². The molecule has 3 aromatic rings. The summed E-state index contributed by atoms with van der Waals surface area (Å²) in [4.78, 5) is 48.6. The minimum Gasteiger partial charge on any atom is -0.489 e. The Hall–Kier alpha value is -6.26. The number of nitrogens with two attached hydrogens (primary N) is 2. The third-order valence-electron chi connectivity index (χ3n) is 8.77. The number of amidine groups is 2. The average molecular weight is 758 g/mol. The number of carbonyl (C=O) groups excluding carboxylic acids is 2. The van der Waals surface area contributed by atoms with Crippen LogP contribution in [0.15, 0.2) is 91.5 Å². The van der Waals surface area contributed by atoms with Gasteiger partial charge in [-0.15, -0.1) is 0 Å². The van der Waals surface area contributed by atoms with E-state index in [0.29, 0.717) is 55.1 Å². The van der Waals surface area contributed by atoms with Crippen LogP contribution in [0.5, 0.6) is 11.5 Å². The van der Waals surface area contributed by atoms with E-state index in [1.165, 1.54) is 0 Å². The summed E-state index contributed by atoms with van der Waals surface area (Å²) in [6.07, 6.45) is 1.40. The second-order valence-electron chi connectivity index (χ2n) is 13.0. The van der Waals surface area contributed by atoms with Crippen molar-refractivity contribution in [2.24, 2.45) is 11.5 Å². The normalized spacial score (nSPS) is 19.5. The van der Waals surface area contributed by atoms with Crippen molar-refractivity contribution in [3.63, 3.8) is 0 Å². The lowest BCUT2D eigenvalue weighted by atomic mass is 10.1. The van der Waals surface area contributed by atoms with Crippen molar-refractivity contribution in [3.8, 4) is 11.5 Å². The zero-order valence-corrected chi connectivity index (χ0v) is 30.2. The molecule has 292 valence electrons. The summed E-state index contributed by atoms with van der Waals surface area (Å²) >= 11 is 0. The van der Waals surface area contributed by atoms with Gasteiger partial charge in [0.1, 0.15) is 54.1 Å². The minimum absolute atomic E-state index is 0.00606. The maximum atomic E-state index is 12.5. The van der Waals surface area contributed by atoms with Crippen LogP contribution >= 0.6 is 0 Å². The smallest absolute Gasteiger partial charge is 0.326 e. The summed E-state index contributed by atoms with van der Waals surface area (Å²) < 4.78 is 17.2. The molecule has 10 N–H and O–H groups in total. The van der Waals surface area contributed by atoms with Crippen molar-refractivity contribution in [1.29, 1.82) is 10.8 Å². The number of likely N-dealkylation sites (tertiary alicyclic amines) is 1. The van der Waals surface area contributed by atoms with Gasteiger partial charge in [-0.3, -0.25) is 30.1 Å². The number of benzene rings is 3. The summed E-state index contributed by atoms with van der Waals surface area (Å²) in [5.74, 6) is -2.13. The van der Waals surface area contributed by atoms with Gasteiger partial charge in [-0.1, -0.05) is 67.3 Å². The first-order chi connectivity index (χ1) is 26.3. The molecule has 2 aliphatic rings. The van der Waals surface area contributed by atoms with E-state index in [9.17, 15) is 19.2 Å². The molecule has 0 spiro atoms. The number of hydrogen-bond acceptors (Lipinski definition) is 11. The van der Waals surface area contributed by atoms with Crippen molar-refractivity contribution in [1.82, 2.24) is 15.5 Å². The Kier molecular flexibility index (Phi) is 15.3. The summed E-state index contributed by atoms with van der Waals surface area (Å²) in [7, 11) is 0. The van der Waals surface area contributed by atoms with Gasteiger partial charge in [0.05, 0.1) is 6.04 Å². The van der Waals surface area contributed by atoms with Gasteiger partial charge in [-0.2, -0.15) is 0 Å². The van der Waals surface area contributed by atoms with Gasteiger partial charge in [-0.25, -0.2) is 4.79 Å². The molecule has 0 radical (unpaired) electrons. The van der Waals surface area contributed by atoms with E-state index in [0.717, 1.165) is 5.56 Å². The first-order valence-electron chi connectivity index (χ1n) is 17.6. The number of carboxylic acid groups (broad SMARTS) is 2. The maximum Gasteiger partial charge on any atom is 0.326 e. The molecule has 55 heavy (non-hydrogen) atoms. The minimum atomic E-state index is -1.28. The molecule has 2 aliphatic heterocycles.